The van der Waals surface area contributed by atoms with Gasteiger partial charge in [-0.2, -0.15) is 0 Å². The molecule has 132 valence electrons. The van der Waals surface area contributed by atoms with Crippen LogP contribution in [0.25, 0.3) is 0 Å². The molecular formula is C17H11ClFN3O4. The average Bonchev–Trinajstić information content (AvgIpc) is 2.60. The number of benzene rings is 2. The van der Waals surface area contributed by atoms with Crippen molar-refractivity contribution in [1.29, 1.82) is 0 Å². The highest BCUT2D eigenvalue weighted by atomic mass is 35.5. The molecule has 0 bridgehead atoms. The fourth-order valence-corrected chi connectivity index (χ4v) is 2.29. The normalized spacial score (nSPS) is 10.4. The highest BCUT2D eigenvalue weighted by Gasteiger charge is 2.20. The van der Waals surface area contributed by atoms with E-state index in [-0.39, 0.29) is 39.5 Å². The number of nitrogens with zero attached hydrogens (tertiary/aromatic N) is 2. The molecule has 0 radical (unpaired) electrons. The number of nitrogens with two attached hydrogens (primary N) is 1. The Bertz CT molecular complexity index is 984. The van der Waals surface area contributed by atoms with Gasteiger partial charge in [-0.1, -0.05) is 23.7 Å². The highest BCUT2D eigenvalue weighted by molar-refractivity contribution is 6.31. The number of hydrogen-bond donors (Lipinski definition) is 1. The number of nitro benzene ring substituents is 1. The van der Waals surface area contributed by atoms with Crippen LogP contribution in [0.4, 0.5) is 15.8 Å². The Hall–Kier alpha value is -3.39. The summed E-state index contributed by atoms with van der Waals surface area (Å²) < 4.78 is 25.0. The summed E-state index contributed by atoms with van der Waals surface area (Å²) in [6.07, 6.45) is 1.33. The lowest BCUT2D eigenvalue weighted by Crippen LogP contribution is -1.97. The third kappa shape index (κ3) is 3.65. The molecule has 9 heteroatoms. The number of rotatable bonds is 5. The van der Waals surface area contributed by atoms with Gasteiger partial charge in [0.15, 0.2) is 22.5 Å². The number of anilines is 1. The monoisotopic (exact) mass is 375 g/mol. The van der Waals surface area contributed by atoms with Crippen molar-refractivity contribution in [2.75, 3.05) is 5.73 Å². The van der Waals surface area contributed by atoms with Crippen LogP contribution in [0.1, 0.15) is 0 Å². The zero-order valence-corrected chi connectivity index (χ0v) is 13.8. The van der Waals surface area contributed by atoms with Crippen LogP contribution in [-0.4, -0.2) is 9.91 Å². The summed E-state index contributed by atoms with van der Waals surface area (Å²) in [6.45, 7) is 0. The van der Waals surface area contributed by atoms with Crippen molar-refractivity contribution in [3.05, 3.63) is 75.8 Å². The summed E-state index contributed by atoms with van der Waals surface area (Å²) in [5, 5.41) is 11.0. The Labute approximate surface area is 151 Å². The summed E-state index contributed by atoms with van der Waals surface area (Å²) in [6, 6.07) is 11.0. The first kappa shape index (κ1) is 17.4. The lowest BCUT2D eigenvalue weighted by Gasteiger charge is -2.13. The summed E-state index contributed by atoms with van der Waals surface area (Å²) >= 11 is 6.04. The van der Waals surface area contributed by atoms with E-state index in [1.165, 1.54) is 42.6 Å². The van der Waals surface area contributed by atoms with E-state index in [1.54, 1.807) is 6.07 Å². The number of para-hydroxylation sites is 2. The predicted molar refractivity (Wildman–Crippen MR) is 93.3 cm³/mol. The van der Waals surface area contributed by atoms with Gasteiger partial charge in [0.05, 0.1) is 4.92 Å². The van der Waals surface area contributed by atoms with Crippen LogP contribution in [0.3, 0.4) is 0 Å². The molecule has 0 aliphatic heterocycles. The molecule has 1 aromatic heterocycles. The lowest BCUT2D eigenvalue weighted by atomic mass is 10.3. The van der Waals surface area contributed by atoms with E-state index in [0.29, 0.717) is 0 Å². The fourth-order valence-electron chi connectivity index (χ4n) is 2.10. The number of nitro groups is 1. The standard InChI is InChI=1S/C17H11ClFN3O4/c18-17-16(26-14-4-2-1-3-12(14)22(23)24)15(7-8-21-17)25-13-6-5-10(20)9-11(13)19/h1-9H,20H2. The van der Waals surface area contributed by atoms with Crippen LogP contribution >= 0.6 is 11.6 Å². The van der Waals surface area contributed by atoms with Gasteiger partial charge < -0.3 is 15.2 Å². The first-order valence-corrected chi connectivity index (χ1v) is 7.62. The van der Waals surface area contributed by atoms with Gasteiger partial charge in [-0.15, -0.1) is 0 Å². The molecule has 7 nitrogen and oxygen atoms in total. The first-order valence-electron chi connectivity index (χ1n) is 7.24. The molecule has 2 aromatic carbocycles. The smallest absolute Gasteiger partial charge is 0.311 e. The van der Waals surface area contributed by atoms with Gasteiger partial charge in [0.2, 0.25) is 11.5 Å². The van der Waals surface area contributed by atoms with Crippen molar-refractivity contribution in [3.63, 3.8) is 0 Å². The maximum atomic E-state index is 14.0. The molecule has 0 saturated carbocycles. The average molecular weight is 376 g/mol. The Kier molecular flexibility index (Phi) is 4.85. The largest absolute Gasteiger partial charge is 0.450 e. The van der Waals surface area contributed by atoms with Crippen LogP contribution in [0.15, 0.2) is 54.7 Å². The molecule has 0 atom stereocenters. The Morgan fingerprint density at radius 2 is 1.85 bits per heavy atom. The molecule has 0 amide bonds. The van der Waals surface area contributed by atoms with Gasteiger partial charge in [0.1, 0.15) is 0 Å². The van der Waals surface area contributed by atoms with Gasteiger partial charge in [0, 0.05) is 30.1 Å². The predicted octanol–water partition coefficient (Wildman–Crippen LogP) is 4.95. The van der Waals surface area contributed by atoms with Crippen LogP contribution in [-0.2, 0) is 0 Å². The molecule has 2 N–H and O–H groups in total. The molecule has 3 rings (SSSR count). The van der Waals surface area contributed by atoms with Crippen molar-refractivity contribution < 1.29 is 18.8 Å². The van der Waals surface area contributed by atoms with Crippen molar-refractivity contribution in [2.45, 2.75) is 0 Å². The van der Waals surface area contributed by atoms with E-state index in [1.807, 2.05) is 0 Å². The third-order valence-electron chi connectivity index (χ3n) is 3.27. The maximum Gasteiger partial charge on any atom is 0.311 e. The highest BCUT2D eigenvalue weighted by Crippen LogP contribution is 2.41. The van der Waals surface area contributed by atoms with Crippen molar-refractivity contribution >= 4 is 23.0 Å². The second-order valence-electron chi connectivity index (χ2n) is 5.05. The topological polar surface area (TPSA) is 101 Å². The van der Waals surface area contributed by atoms with Crippen LogP contribution in [0, 0.1) is 15.9 Å². The summed E-state index contributed by atoms with van der Waals surface area (Å²) in [5.74, 6) is -0.912. The Balaban J connectivity index is 2.00. The van der Waals surface area contributed by atoms with E-state index in [4.69, 9.17) is 26.8 Å². The van der Waals surface area contributed by atoms with Gasteiger partial charge in [-0.3, -0.25) is 10.1 Å². The number of hydrogen-bond acceptors (Lipinski definition) is 6. The van der Waals surface area contributed by atoms with E-state index < -0.39 is 10.7 Å². The van der Waals surface area contributed by atoms with Crippen LogP contribution < -0.4 is 15.2 Å². The van der Waals surface area contributed by atoms with Crippen LogP contribution in [0.2, 0.25) is 5.15 Å². The molecule has 0 fully saturated rings. The molecule has 0 saturated heterocycles. The third-order valence-corrected chi connectivity index (χ3v) is 3.54. The molecule has 1 heterocycles. The second kappa shape index (κ2) is 7.24. The van der Waals surface area contributed by atoms with Crippen LogP contribution in [0.5, 0.6) is 23.0 Å². The summed E-state index contributed by atoms with van der Waals surface area (Å²) in [5.41, 5.74) is 5.48. The van der Waals surface area contributed by atoms with Gasteiger partial charge in [-0.25, -0.2) is 9.37 Å². The first-order chi connectivity index (χ1) is 12.5. The van der Waals surface area contributed by atoms with E-state index in [0.717, 1.165) is 6.07 Å². The number of ether oxygens (including phenoxy) is 2. The maximum absolute atomic E-state index is 14.0. The van der Waals surface area contributed by atoms with E-state index in [9.17, 15) is 14.5 Å². The minimum atomic E-state index is -0.686. The molecule has 0 aliphatic rings. The zero-order valence-electron chi connectivity index (χ0n) is 13.1. The van der Waals surface area contributed by atoms with E-state index >= 15 is 0 Å². The zero-order chi connectivity index (χ0) is 18.7. The number of halogens is 2. The fraction of sp³-hybridized carbons (Fsp3) is 0. The quantitative estimate of drug-likeness (QED) is 0.293. The molecule has 0 aliphatic carbocycles. The van der Waals surface area contributed by atoms with Crippen molar-refractivity contribution in [1.82, 2.24) is 4.98 Å². The van der Waals surface area contributed by atoms with E-state index in [2.05, 4.69) is 4.98 Å². The molecule has 0 spiro atoms. The van der Waals surface area contributed by atoms with Crippen molar-refractivity contribution in [3.8, 4) is 23.0 Å². The minimum Gasteiger partial charge on any atom is -0.450 e. The lowest BCUT2D eigenvalue weighted by molar-refractivity contribution is -0.385. The number of pyridine rings is 1. The molecule has 26 heavy (non-hydrogen) atoms. The minimum absolute atomic E-state index is 0.0341. The number of aromatic nitrogens is 1. The Morgan fingerprint density at radius 1 is 1.08 bits per heavy atom. The Morgan fingerprint density at radius 3 is 2.58 bits per heavy atom. The second-order valence-corrected chi connectivity index (χ2v) is 5.41. The molecule has 0 unspecified atom stereocenters. The van der Waals surface area contributed by atoms with Gasteiger partial charge in [0.25, 0.3) is 0 Å². The van der Waals surface area contributed by atoms with Crippen molar-refractivity contribution in [2.24, 2.45) is 0 Å². The summed E-state index contributed by atoms with van der Waals surface area (Å²) in [7, 11) is 0. The number of nitrogen functional groups attached to an aromatic ring is 1. The molecule has 3 aromatic rings. The SMILES string of the molecule is Nc1ccc(Oc2ccnc(Cl)c2Oc2ccccc2[N+](=O)[O-])c(F)c1. The van der Waals surface area contributed by atoms with Gasteiger partial charge in [-0.05, 0) is 18.2 Å². The summed E-state index contributed by atoms with van der Waals surface area (Å²) in [4.78, 5) is 14.4. The molecular weight excluding hydrogens is 365 g/mol. The van der Waals surface area contributed by atoms with Gasteiger partial charge >= 0.3 is 5.69 Å².